The summed E-state index contributed by atoms with van der Waals surface area (Å²) < 4.78 is 25.8. The Morgan fingerprint density at radius 3 is 2.25 bits per heavy atom. The number of hydrogen-bond acceptors (Lipinski definition) is 3. The lowest BCUT2D eigenvalue weighted by atomic mass is 10.2. The zero-order valence-corrected chi connectivity index (χ0v) is 13.2. The molecule has 1 aromatic rings. The van der Waals surface area contributed by atoms with Crippen LogP contribution in [-0.2, 0) is 10.0 Å². The molecule has 1 amide bonds. The fourth-order valence-electron chi connectivity index (χ4n) is 1.56. The average Bonchev–Trinajstić information content (AvgIpc) is 2.43. The molecule has 0 bridgehead atoms. The molecule has 0 aliphatic heterocycles. The monoisotopic (exact) mass is 298 g/mol. The van der Waals surface area contributed by atoms with Crippen LogP contribution in [0.15, 0.2) is 29.2 Å². The Hall–Kier alpha value is -1.40. The number of sulfonamides is 1. The standard InChI is InChI=1S/C14H22N2O3S/c1-5-10-15-14(17)12-6-8-13(9-7-12)20(18,19)16(4)11(2)3/h6-9,11H,5,10H2,1-4H3,(H,15,17). The largest absolute Gasteiger partial charge is 0.352 e. The Labute approximate surface area is 121 Å². The third kappa shape index (κ3) is 3.80. The normalized spacial score (nSPS) is 11.9. The topological polar surface area (TPSA) is 66.5 Å². The molecule has 1 rings (SSSR count). The van der Waals surface area contributed by atoms with Crippen molar-refractivity contribution < 1.29 is 13.2 Å². The molecule has 0 fully saturated rings. The Kier molecular flexibility index (Phi) is 5.71. The minimum Gasteiger partial charge on any atom is -0.352 e. The molecule has 0 heterocycles. The molecule has 0 aromatic heterocycles. The molecule has 20 heavy (non-hydrogen) atoms. The van der Waals surface area contributed by atoms with Gasteiger partial charge in [0.15, 0.2) is 0 Å². The van der Waals surface area contributed by atoms with Gasteiger partial charge in [-0.3, -0.25) is 4.79 Å². The van der Waals surface area contributed by atoms with E-state index in [0.717, 1.165) is 6.42 Å². The fraction of sp³-hybridized carbons (Fsp3) is 0.500. The maximum atomic E-state index is 12.3. The van der Waals surface area contributed by atoms with E-state index in [1.807, 2.05) is 20.8 Å². The molecule has 1 aromatic carbocycles. The van der Waals surface area contributed by atoms with Crippen molar-refractivity contribution >= 4 is 15.9 Å². The predicted molar refractivity (Wildman–Crippen MR) is 79.2 cm³/mol. The van der Waals surface area contributed by atoms with Gasteiger partial charge < -0.3 is 5.32 Å². The Balaban J connectivity index is 2.94. The van der Waals surface area contributed by atoms with Crippen molar-refractivity contribution in [3.63, 3.8) is 0 Å². The van der Waals surface area contributed by atoms with Crippen LogP contribution in [0.3, 0.4) is 0 Å². The van der Waals surface area contributed by atoms with Gasteiger partial charge in [-0.15, -0.1) is 0 Å². The van der Waals surface area contributed by atoms with E-state index in [1.54, 1.807) is 7.05 Å². The van der Waals surface area contributed by atoms with Gasteiger partial charge in [-0.25, -0.2) is 8.42 Å². The molecule has 0 atom stereocenters. The van der Waals surface area contributed by atoms with Gasteiger partial charge in [0.05, 0.1) is 4.90 Å². The van der Waals surface area contributed by atoms with E-state index in [2.05, 4.69) is 5.32 Å². The summed E-state index contributed by atoms with van der Waals surface area (Å²) in [5, 5.41) is 2.75. The van der Waals surface area contributed by atoms with E-state index in [4.69, 9.17) is 0 Å². The number of carbonyl (C=O) groups excluding carboxylic acids is 1. The number of rotatable bonds is 6. The minimum absolute atomic E-state index is 0.118. The van der Waals surface area contributed by atoms with Crippen molar-refractivity contribution in [2.45, 2.75) is 38.1 Å². The van der Waals surface area contributed by atoms with E-state index in [9.17, 15) is 13.2 Å². The van der Waals surface area contributed by atoms with E-state index < -0.39 is 10.0 Å². The fourth-order valence-corrected chi connectivity index (χ4v) is 2.93. The first kappa shape index (κ1) is 16.7. The number of amides is 1. The SMILES string of the molecule is CCCNC(=O)c1ccc(S(=O)(=O)N(C)C(C)C)cc1. The van der Waals surface area contributed by atoms with Crippen LogP contribution in [0, 0.1) is 0 Å². The summed E-state index contributed by atoms with van der Waals surface area (Å²) in [4.78, 5) is 11.9. The van der Waals surface area contributed by atoms with Crippen molar-refractivity contribution in [3.05, 3.63) is 29.8 Å². The van der Waals surface area contributed by atoms with Crippen molar-refractivity contribution in [1.29, 1.82) is 0 Å². The van der Waals surface area contributed by atoms with Gasteiger partial charge in [-0.2, -0.15) is 4.31 Å². The summed E-state index contributed by atoms with van der Waals surface area (Å²) in [5.41, 5.74) is 0.463. The molecule has 0 radical (unpaired) electrons. The molecule has 0 aliphatic rings. The Bertz CT molecular complexity index is 550. The number of hydrogen-bond donors (Lipinski definition) is 1. The predicted octanol–water partition coefficient (Wildman–Crippen LogP) is 1.86. The van der Waals surface area contributed by atoms with Crippen LogP contribution in [0.25, 0.3) is 0 Å². The van der Waals surface area contributed by atoms with Crippen LogP contribution in [-0.4, -0.2) is 38.3 Å². The molecular weight excluding hydrogens is 276 g/mol. The first-order chi connectivity index (χ1) is 9.30. The van der Waals surface area contributed by atoms with Crippen LogP contribution in [0.1, 0.15) is 37.6 Å². The molecule has 0 saturated heterocycles. The van der Waals surface area contributed by atoms with Gasteiger partial charge in [0.1, 0.15) is 0 Å². The highest BCUT2D eigenvalue weighted by molar-refractivity contribution is 7.89. The zero-order valence-electron chi connectivity index (χ0n) is 12.4. The van der Waals surface area contributed by atoms with Crippen LogP contribution >= 0.6 is 0 Å². The van der Waals surface area contributed by atoms with Gasteiger partial charge in [0.25, 0.3) is 5.91 Å². The van der Waals surface area contributed by atoms with Gasteiger partial charge in [-0.05, 0) is 44.5 Å². The highest BCUT2D eigenvalue weighted by atomic mass is 32.2. The zero-order chi connectivity index (χ0) is 15.3. The highest BCUT2D eigenvalue weighted by Crippen LogP contribution is 2.17. The molecule has 6 heteroatoms. The smallest absolute Gasteiger partial charge is 0.251 e. The first-order valence-electron chi connectivity index (χ1n) is 6.67. The number of nitrogens with one attached hydrogen (secondary N) is 1. The summed E-state index contributed by atoms with van der Waals surface area (Å²) in [6.45, 7) is 6.20. The van der Waals surface area contributed by atoms with E-state index >= 15 is 0 Å². The molecule has 1 N–H and O–H groups in total. The average molecular weight is 298 g/mol. The van der Waals surface area contributed by atoms with Crippen molar-refractivity contribution in [2.75, 3.05) is 13.6 Å². The summed E-state index contributed by atoms with van der Waals surface area (Å²) in [5.74, 6) is -0.187. The molecule has 0 spiro atoms. The maximum absolute atomic E-state index is 12.3. The van der Waals surface area contributed by atoms with Gasteiger partial charge in [-0.1, -0.05) is 6.92 Å². The molecular formula is C14H22N2O3S. The Morgan fingerprint density at radius 2 is 1.80 bits per heavy atom. The molecule has 5 nitrogen and oxygen atoms in total. The van der Waals surface area contributed by atoms with Crippen molar-refractivity contribution in [3.8, 4) is 0 Å². The number of carbonyl (C=O) groups is 1. The first-order valence-corrected chi connectivity index (χ1v) is 8.11. The van der Waals surface area contributed by atoms with Gasteiger partial charge >= 0.3 is 0 Å². The number of benzene rings is 1. The molecule has 0 saturated carbocycles. The van der Waals surface area contributed by atoms with Crippen LogP contribution in [0.5, 0.6) is 0 Å². The summed E-state index contributed by atoms with van der Waals surface area (Å²) in [6.07, 6.45) is 0.859. The van der Waals surface area contributed by atoms with Crippen molar-refractivity contribution in [1.82, 2.24) is 9.62 Å². The molecule has 0 aliphatic carbocycles. The third-order valence-corrected chi connectivity index (χ3v) is 5.10. The van der Waals surface area contributed by atoms with E-state index in [-0.39, 0.29) is 16.8 Å². The van der Waals surface area contributed by atoms with Crippen LogP contribution in [0.2, 0.25) is 0 Å². The second-order valence-electron chi connectivity index (χ2n) is 4.90. The van der Waals surface area contributed by atoms with E-state index in [1.165, 1.54) is 28.6 Å². The van der Waals surface area contributed by atoms with Gasteiger partial charge in [0.2, 0.25) is 10.0 Å². The summed E-state index contributed by atoms with van der Waals surface area (Å²) in [6, 6.07) is 5.88. The number of nitrogens with zero attached hydrogens (tertiary/aromatic N) is 1. The van der Waals surface area contributed by atoms with Crippen LogP contribution < -0.4 is 5.32 Å². The van der Waals surface area contributed by atoms with Gasteiger partial charge in [0, 0.05) is 25.2 Å². The lowest BCUT2D eigenvalue weighted by molar-refractivity contribution is 0.0953. The molecule has 0 unspecified atom stereocenters. The quantitative estimate of drug-likeness (QED) is 0.871. The lowest BCUT2D eigenvalue weighted by Gasteiger charge is -2.21. The minimum atomic E-state index is -3.50. The van der Waals surface area contributed by atoms with Crippen LogP contribution in [0.4, 0.5) is 0 Å². The second kappa shape index (κ2) is 6.85. The summed E-state index contributed by atoms with van der Waals surface area (Å²) in [7, 11) is -1.95. The highest BCUT2D eigenvalue weighted by Gasteiger charge is 2.23. The third-order valence-electron chi connectivity index (χ3n) is 3.06. The van der Waals surface area contributed by atoms with E-state index in [0.29, 0.717) is 12.1 Å². The summed E-state index contributed by atoms with van der Waals surface area (Å²) >= 11 is 0. The molecule has 112 valence electrons. The second-order valence-corrected chi connectivity index (χ2v) is 6.89. The lowest BCUT2D eigenvalue weighted by Crippen LogP contribution is -2.33. The Morgan fingerprint density at radius 1 is 1.25 bits per heavy atom. The maximum Gasteiger partial charge on any atom is 0.251 e. The van der Waals surface area contributed by atoms with Crippen molar-refractivity contribution in [2.24, 2.45) is 0 Å².